The highest BCUT2D eigenvalue weighted by atomic mass is 16.2. The molecule has 0 aliphatic heterocycles. The van der Waals surface area contributed by atoms with Gasteiger partial charge in [-0.15, -0.1) is 0 Å². The monoisotopic (exact) mass is 215 g/mol. The second kappa shape index (κ2) is 5.70. The van der Waals surface area contributed by atoms with Crippen LogP contribution >= 0.6 is 0 Å². The van der Waals surface area contributed by atoms with E-state index in [1.807, 2.05) is 20.8 Å². The minimum absolute atomic E-state index is 0.0355. The van der Waals surface area contributed by atoms with E-state index in [-0.39, 0.29) is 11.4 Å². The van der Waals surface area contributed by atoms with Crippen molar-refractivity contribution in [2.75, 3.05) is 6.54 Å². The number of rotatable bonds is 5. The molecule has 0 aromatic heterocycles. The smallest absolute Gasteiger partial charge is 0.234 e. The van der Waals surface area contributed by atoms with Crippen LogP contribution in [0.3, 0.4) is 0 Å². The molecule has 5 heteroatoms. The van der Waals surface area contributed by atoms with Gasteiger partial charge in [0.25, 0.3) is 0 Å². The fraction of sp³-hybridized carbons (Fsp3) is 0.800. The molecule has 0 aromatic carbocycles. The molecule has 4 N–H and O–H groups in total. The maximum absolute atomic E-state index is 11.3. The number of hydrogen-bond acceptors (Lipinski definition) is 3. The topological polar surface area (TPSA) is 84.2 Å². The lowest BCUT2D eigenvalue weighted by Crippen LogP contribution is -2.43. The van der Waals surface area contributed by atoms with E-state index in [0.717, 1.165) is 0 Å². The Morgan fingerprint density at radius 1 is 1.33 bits per heavy atom. The summed E-state index contributed by atoms with van der Waals surface area (Å²) in [5.41, 5.74) is 4.84. The van der Waals surface area contributed by atoms with Gasteiger partial charge in [0.2, 0.25) is 11.8 Å². The Morgan fingerprint density at radius 3 is 2.27 bits per heavy atom. The number of amides is 2. The Bertz CT molecular complexity index is 233. The summed E-state index contributed by atoms with van der Waals surface area (Å²) >= 11 is 0. The van der Waals surface area contributed by atoms with Crippen molar-refractivity contribution in [3.8, 4) is 0 Å². The van der Waals surface area contributed by atoms with E-state index >= 15 is 0 Å². The lowest BCUT2D eigenvalue weighted by Gasteiger charge is -2.20. The normalized spacial score (nSPS) is 13.3. The fourth-order valence-electron chi connectivity index (χ4n) is 0.984. The van der Waals surface area contributed by atoms with Gasteiger partial charge in [0.1, 0.15) is 0 Å². The molecule has 5 nitrogen and oxygen atoms in total. The van der Waals surface area contributed by atoms with Crippen molar-refractivity contribution < 1.29 is 9.59 Å². The maximum atomic E-state index is 11.3. The Hall–Kier alpha value is -1.10. The van der Waals surface area contributed by atoms with Crippen molar-refractivity contribution >= 4 is 11.8 Å². The van der Waals surface area contributed by atoms with Crippen LogP contribution < -0.4 is 16.4 Å². The van der Waals surface area contributed by atoms with Gasteiger partial charge in [0.15, 0.2) is 0 Å². The van der Waals surface area contributed by atoms with Crippen LogP contribution in [0, 0.1) is 0 Å². The van der Waals surface area contributed by atoms with E-state index in [1.165, 1.54) is 0 Å². The largest absolute Gasteiger partial charge is 0.368 e. The molecular weight excluding hydrogens is 194 g/mol. The number of nitrogens with one attached hydrogen (secondary N) is 2. The first-order valence-corrected chi connectivity index (χ1v) is 5.06. The van der Waals surface area contributed by atoms with Gasteiger partial charge < -0.3 is 16.4 Å². The van der Waals surface area contributed by atoms with Crippen molar-refractivity contribution in [2.24, 2.45) is 5.73 Å². The molecule has 0 bridgehead atoms. The molecule has 88 valence electrons. The van der Waals surface area contributed by atoms with Crippen LogP contribution in [-0.4, -0.2) is 29.9 Å². The van der Waals surface area contributed by atoms with Crippen LogP contribution in [0.15, 0.2) is 0 Å². The van der Waals surface area contributed by atoms with Crippen LogP contribution in [0.5, 0.6) is 0 Å². The molecule has 0 fully saturated rings. The average molecular weight is 215 g/mol. The second-order valence-electron chi connectivity index (χ2n) is 4.63. The summed E-state index contributed by atoms with van der Waals surface area (Å²) < 4.78 is 0. The summed E-state index contributed by atoms with van der Waals surface area (Å²) in [7, 11) is 0. The Kier molecular flexibility index (Phi) is 5.28. The molecule has 2 amide bonds. The zero-order valence-corrected chi connectivity index (χ0v) is 9.89. The van der Waals surface area contributed by atoms with E-state index in [1.54, 1.807) is 6.92 Å². The average Bonchev–Trinajstić information content (AvgIpc) is 2.00. The molecule has 0 spiro atoms. The van der Waals surface area contributed by atoms with Gasteiger partial charge in [-0.1, -0.05) is 0 Å². The third kappa shape index (κ3) is 7.93. The lowest BCUT2D eigenvalue weighted by molar-refractivity contribution is -0.123. The standard InChI is InChI=1S/C10H21N3O2/c1-7(9(11)15)12-6-5-8(14)13-10(2,3)4/h7,12H,5-6H2,1-4H3,(H2,11,15)(H,13,14). The molecule has 0 aromatic rings. The van der Waals surface area contributed by atoms with Crippen molar-refractivity contribution in [3.63, 3.8) is 0 Å². The highest BCUT2D eigenvalue weighted by Gasteiger charge is 2.14. The van der Waals surface area contributed by atoms with Crippen molar-refractivity contribution in [1.29, 1.82) is 0 Å². The number of nitrogens with two attached hydrogens (primary N) is 1. The molecule has 15 heavy (non-hydrogen) atoms. The number of carbonyl (C=O) groups excluding carboxylic acids is 2. The molecule has 0 aliphatic rings. The minimum atomic E-state index is -0.411. The van der Waals surface area contributed by atoms with Gasteiger partial charge in [-0.3, -0.25) is 9.59 Å². The zero-order chi connectivity index (χ0) is 12.1. The third-order valence-electron chi connectivity index (χ3n) is 1.74. The third-order valence-corrected chi connectivity index (χ3v) is 1.74. The predicted molar refractivity (Wildman–Crippen MR) is 59.2 cm³/mol. The van der Waals surface area contributed by atoms with E-state index in [9.17, 15) is 9.59 Å². The summed E-state index contributed by atoms with van der Waals surface area (Å²) in [6, 6.07) is -0.396. The summed E-state index contributed by atoms with van der Waals surface area (Å²) in [6.07, 6.45) is 0.342. The van der Waals surface area contributed by atoms with Gasteiger partial charge in [0.05, 0.1) is 6.04 Å². The van der Waals surface area contributed by atoms with E-state index in [4.69, 9.17) is 5.73 Å². The molecule has 0 radical (unpaired) electrons. The highest BCUT2D eigenvalue weighted by Crippen LogP contribution is 1.98. The van der Waals surface area contributed by atoms with Crippen molar-refractivity contribution in [1.82, 2.24) is 10.6 Å². The second-order valence-corrected chi connectivity index (χ2v) is 4.63. The van der Waals surface area contributed by atoms with Gasteiger partial charge in [-0.05, 0) is 27.7 Å². The first kappa shape index (κ1) is 13.9. The molecule has 0 rings (SSSR count). The number of hydrogen-bond donors (Lipinski definition) is 3. The van der Waals surface area contributed by atoms with Crippen molar-refractivity contribution in [3.05, 3.63) is 0 Å². The molecule has 0 heterocycles. The van der Waals surface area contributed by atoms with Gasteiger partial charge in [-0.2, -0.15) is 0 Å². The summed E-state index contributed by atoms with van der Waals surface area (Å²) in [5.74, 6) is -0.446. The summed E-state index contributed by atoms with van der Waals surface area (Å²) in [5, 5.41) is 5.69. The van der Waals surface area contributed by atoms with Crippen LogP contribution in [0.1, 0.15) is 34.1 Å². The van der Waals surface area contributed by atoms with Crippen LogP contribution in [-0.2, 0) is 9.59 Å². The number of primary amides is 1. The van der Waals surface area contributed by atoms with Crippen LogP contribution in [0.2, 0.25) is 0 Å². The van der Waals surface area contributed by atoms with Crippen molar-refractivity contribution in [2.45, 2.75) is 45.7 Å². The van der Waals surface area contributed by atoms with E-state index in [0.29, 0.717) is 13.0 Å². The molecule has 0 saturated heterocycles. The maximum Gasteiger partial charge on any atom is 0.234 e. The Labute approximate surface area is 90.8 Å². The van der Waals surface area contributed by atoms with E-state index < -0.39 is 11.9 Å². The Morgan fingerprint density at radius 2 is 1.87 bits per heavy atom. The van der Waals surface area contributed by atoms with Gasteiger partial charge >= 0.3 is 0 Å². The molecule has 0 saturated carbocycles. The summed E-state index contributed by atoms with van der Waals surface area (Å²) in [4.78, 5) is 22.0. The number of carbonyl (C=O) groups is 2. The quantitative estimate of drug-likeness (QED) is 0.591. The van der Waals surface area contributed by atoms with Gasteiger partial charge in [0, 0.05) is 18.5 Å². The Balaban J connectivity index is 3.69. The molecule has 1 unspecified atom stereocenters. The van der Waals surface area contributed by atoms with Crippen LogP contribution in [0.25, 0.3) is 0 Å². The van der Waals surface area contributed by atoms with Gasteiger partial charge in [-0.25, -0.2) is 0 Å². The minimum Gasteiger partial charge on any atom is -0.368 e. The first-order valence-electron chi connectivity index (χ1n) is 5.06. The zero-order valence-electron chi connectivity index (χ0n) is 9.89. The predicted octanol–water partition coefficient (Wildman–Crippen LogP) is -0.245. The van der Waals surface area contributed by atoms with Crippen LogP contribution in [0.4, 0.5) is 0 Å². The molecular formula is C10H21N3O2. The SMILES string of the molecule is CC(NCCC(=O)NC(C)(C)C)C(N)=O. The lowest BCUT2D eigenvalue weighted by atomic mass is 10.1. The fourth-order valence-corrected chi connectivity index (χ4v) is 0.984. The molecule has 1 atom stereocenters. The first-order chi connectivity index (χ1) is 6.72. The van der Waals surface area contributed by atoms with E-state index in [2.05, 4.69) is 10.6 Å². The molecule has 0 aliphatic carbocycles. The highest BCUT2D eigenvalue weighted by molar-refractivity contribution is 5.79. The summed E-state index contributed by atoms with van der Waals surface area (Å²) in [6.45, 7) is 7.88.